The average molecular weight is 258 g/mol. The number of thiophene rings is 1. The van der Waals surface area contributed by atoms with E-state index < -0.39 is 0 Å². The van der Waals surface area contributed by atoms with Gasteiger partial charge in [0.1, 0.15) is 0 Å². The molecule has 0 aromatic carbocycles. The van der Waals surface area contributed by atoms with E-state index in [1.807, 2.05) is 23.8 Å². The van der Waals surface area contributed by atoms with Crippen molar-refractivity contribution in [3.63, 3.8) is 0 Å². The Balaban J connectivity index is 2.54. The lowest BCUT2D eigenvalue weighted by Crippen LogP contribution is -2.24. The Hall–Kier alpha value is -0.790. The number of hydrogen-bond acceptors (Lipinski definition) is 2. The number of halogens is 1. The summed E-state index contributed by atoms with van der Waals surface area (Å²) in [6.07, 6.45) is 0. The number of rotatable bonds is 2. The molecule has 0 fully saturated rings. The van der Waals surface area contributed by atoms with Crippen molar-refractivity contribution in [2.24, 2.45) is 0 Å². The molecule has 4 heteroatoms. The van der Waals surface area contributed by atoms with Crippen LogP contribution in [0.4, 0.5) is 0 Å². The SMILES string of the molecule is CC(NC(=O)C#CBr)c1ccsc1. The third-order valence-corrected chi connectivity index (χ3v) is 2.45. The van der Waals surface area contributed by atoms with Gasteiger partial charge in [-0.1, -0.05) is 0 Å². The van der Waals surface area contributed by atoms with Gasteiger partial charge in [-0.2, -0.15) is 11.3 Å². The molecular formula is C9H8BrNOS. The van der Waals surface area contributed by atoms with E-state index in [2.05, 4.69) is 32.0 Å². The molecule has 1 amide bonds. The zero-order chi connectivity index (χ0) is 9.68. The molecule has 1 unspecified atom stereocenters. The minimum atomic E-state index is -0.268. The molecule has 68 valence electrons. The van der Waals surface area contributed by atoms with Gasteiger partial charge in [-0.15, -0.1) is 0 Å². The van der Waals surface area contributed by atoms with Crippen LogP contribution in [0.1, 0.15) is 18.5 Å². The molecular weight excluding hydrogens is 250 g/mol. The van der Waals surface area contributed by atoms with E-state index in [4.69, 9.17) is 0 Å². The first-order valence-electron chi connectivity index (χ1n) is 3.68. The van der Waals surface area contributed by atoms with Crippen LogP contribution in [0.5, 0.6) is 0 Å². The molecule has 1 aromatic rings. The highest BCUT2D eigenvalue weighted by Gasteiger charge is 2.06. The van der Waals surface area contributed by atoms with Crippen LogP contribution in [-0.4, -0.2) is 5.91 Å². The molecule has 0 saturated heterocycles. The first-order chi connectivity index (χ1) is 6.24. The zero-order valence-electron chi connectivity index (χ0n) is 7.00. The van der Waals surface area contributed by atoms with Crippen LogP contribution in [-0.2, 0) is 4.79 Å². The van der Waals surface area contributed by atoms with Crippen molar-refractivity contribution in [3.05, 3.63) is 22.4 Å². The standard InChI is InChI=1S/C9H8BrNOS/c1-7(8-3-5-13-6-8)11-9(12)2-4-10/h3,5-7H,1H3,(H,11,12). The van der Waals surface area contributed by atoms with Crippen LogP contribution >= 0.6 is 27.3 Å². The van der Waals surface area contributed by atoms with Crippen molar-refractivity contribution in [2.75, 3.05) is 0 Å². The number of hydrogen-bond donors (Lipinski definition) is 1. The summed E-state index contributed by atoms with van der Waals surface area (Å²) in [6.45, 7) is 1.93. The van der Waals surface area contributed by atoms with Crippen molar-refractivity contribution >= 4 is 33.2 Å². The lowest BCUT2D eigenvalue weighted by molar-refractivity contribution is -0.116. The number of nitrogens with one attached hydrogen (secondary N) is 1. The van der Waals surface area contributed by atoms with E-state index >= 15 is 0 Å². The Bertz CT molecular complexity index is 336. The molecule has 1 aromatic heterocycles. The Morgan fingerprint density at radius 1 is 1.77 bits per heavy atom. The largest absolute Gasteiger partial charge is 0.339 e. The quantitative estimate of drug-likeness (QED) is 0.810. The molecule has 0 bridgehead atoms. The molecule has 13 heavy (non-hydrogen) atoms. The van der Waals surface area contributed by atoms with Crippen molar-refractivity contribution in [1.29, 1.82) is 0 Å². The lowest BCUT2D eigenvalue weighted by atomic mass is 10.2. The van der Waals surface area contributed by atoms with E-state index in [9.17, 15) is 4.79 Å². The van der Waals surface area contributed by atoms with Crippen LogP contribution in [0.15, 0.2) is 16.8 Å². The lowest BCUT2D eigenvalue weighted by Gasteiger charge is -2.08. The first-order valence-corrected chi connectivity index (χ1v) is 5.42. The second-order valence-electron chi connectivity index (χ2n) is 2.47. The van der Waals surface area contributed by atoms with Crippen LogP contribution in [0.25, 0.3) is 0 Å². The number of carbonyl (C=O) groups is 1. The summed E-state index contributed by atoms with van der Waals surface area (Å²) in [5.74, 6) is 2.09. The van der Waals surface area contributed by atoms with Gasteiger partial charge in [0.05, 0.1) is 6.04 Å². The van der Waals surface area contributed by atoms with Gasteiger partial charge in [-0.25, -0.2) is 0 Å². The Kier molecular flexibility index (Phi) is 4.00. The highest BCUT2D eigenvalue weighted by molar-refractivity contribution is 9.12. The van der Waals surface area contributed by atoms with E-state index in [0.29, 0.717) is 0 Å². The van der Waals surface area contributed by atoms with Gasteiger partial charge < -0.3 is 5.32 Å². The molecule has 1 heterocycles. The maximum absolute atomic E-state index is 11.0. The monoisotopic (exact) mass is 257 g/mol. The van der Waals surface area contributed by atoms with Gasteiger partial charge in [0.25, 0.3) is 5.91 Å². The Morgan fingerprint density at radius 3 is 3.08 bits per heavy atom. The highest BCUT2D eigenvalue weighted by Crippen LogP contribution is 2.14. The summed E-state index contributed by atoms with van der Waals surface area (Å²) < 4.78 is 0. The molecule has 0 aliphatic carbocycles. The summed E-state index contributed by atoms with van der Waals surface area (Å²) in [5, 5.41) is 6.73. The normalized spacial score (nSPS) is 11.2. The van der Waals surface area contributed by atoms with Crippen LogP contribution in [0, 0.1) is 10.8 Å². The molecule has 1 rings (SSSR count). The third kappa shape index (κ3) is 3.21. The minimum absolute atomic E-state index is 0.0205. The Morgan fingerprint density at radius 2 is 2.54 bits per heavy atom. The maximum Gasteiger partial charge on any atom is 0.297 e. The predicted molar refractivity (Wildman–Crippen MR) is 57.6 cm³/mol. The van der Waals surface area contributed by atoms with Gasteiger partial charge >= 0.3 is 0 Å². The first kappa shape index (κ1) is 10.3. The molecule has 0 spiro atoms. The van der Waals surface area contributed by atoms with Crippen LogP contribution < -0.4 is 5.32 Å². The fourth-order valence-corrected chi connectivity index (χ4v) is 1.81. The summed E-state index contributed by atoms with van der Waals surface area (Å²) >= 11 is 4.48. The Labute approximate surface area is 89.5 Å². The van der Waals surface area contributed by atoms with Gasteiger partial charge in [-0.05, 0) is 34.1 Å². The van der Waals surface area contributed by atoms with Crippen molar-refractivity contribution < 1.29 is 4.79 Å². The molecule has 0 saturated carbocycles. The molecule has 0 radical (unpaired) electrons. The van der Waals surface area contributed by atoms with Crippen molar-refractivity contribution in [2.45, 2.75) is 13.0 Å². The smallest absolute Gasteiger partial charge is 0.297 e. The molecule has 2 nitrogen and oxygen atoms in total. The predicted octanol–water partition coefficient (Wildman–Crippen LogP) is 2.28. The van der Waals surface area contributed by atoms with Gasteiger partial charge in [0.2, 0.25) is 0 Å². The summed E-state index contributed by atoms with van der Waals surface area (Å²) in [5.41, 5.74) is 1.11. The van der Waals surface area contributed by atoms with Crippen LogP contribution in [0.2, 0.25) is 0 Å². The van der Waals surface area contributed by atoms with E-state index in [1.165, 1.54) is 0 Å². The third-order valence-electron chi connectivity index (χ3n) is 1.55. The van der Waals surface area contributed by atoms with Gasteiger partial charge in [0, 0.05) is 21.9 Å². The zero-order valence-corrected chi connectivity index (χ0v) is 9.41. The van der Waals surface area contributed by atoms with Crippen molar-refractivity contribution in [1.82, 2.24) is 5.32 Å². The number of amides is 1. The maximum atomic E-state index is 11.0. The highest BCUT2D eigenvalue weighted by atomic mass is 79.9. The molecule has 0 aliphatic rings. The van der Waals surface area contributed by atoms with E-state index in [0.717, 1.165) is 5.56 Å². The fraction of sp³-hybridized carbons (Fsp3) is 0.222. The van der Waals surface area contributed by atoms with Gasteiger partial charge in [0.15, 0.2) is 0 Å². The fourth-order valence-electron chi connectivity index (χ4n) is 0.880. The summed E-state index contributed by atoms with van der Waals surface area (Å²) in [6, 6.07) is 2.00. The minimum Gasteiger partial charge on any atom is -0.339 e. The summed E-state index contributed by atoms with van der Waals surface area (Å²) in [4.78, 5) is 13.4. The summed E-state index contributed by atoms with van der Waals surface area (Å²) in [7, 11) is 0. The molecule has 1 N–H and O–H groups in total. The van der Waals surface area contributed by atoms with Gasteiger partial charge in [-0.3, -0.25) is 4.79 Å². The van der Waals surface area contributed by atoms with Crippen molar-refractivity contribution in [3.8, 4) is 10.8 Å². The second kappa shape index (κ2) is 5.05. The average Bonchev–Trinajstić information content (AvgIpc) is 2.55. The van der Waals surface area contributed by atoms with E-state index in [-0.39, 0.29) is 11.9 Å². The van der Waals surface area contributed by atoms with Crippen LogP contribution in [0.3, 0.4) is 0 Å². The molecule has 0 aliphatic heterocycles. The second-order valence-corrected chi connectivity index (χ2v) is 3.65. The topological polar surface area (TPSA) is 29.1 Å². The molecule has 1 atom stereocenters. The van der Waals surface area contributed by atoms with E-state index in [1.54, 1.807) is 11.3 Å². The number of carbonyl (C=O) groups excluding carboxylic acids is 1.